The Bertz CT molecular complexity index is 566. The number of ether oxygens (including phenoxy) is 1. The van der Waals surface area contributed by atoms with E-state index in [9.17, 15) is 9.90 Å². The van der Waals surface area contributed by atoms with Crippen LogP contribution in [0.15, 0.2) is 42.5 Å². The molecular formula is C22H30O3. The molecule has 0 unspecified atom stereocenters. The smallest absolute Gasteiger partial charge is 0.306 e. The van der Waals surface area contributed by atoms with Gasteiger partial charge < -0.3 is 9.84 Å². The van der Waals surface area contributed by atoms with E-state index in [2.05, 4.69) is 24.3 Å². The molecule has 0 amide bonds. The highest BCUT2D eigenvalue weighted by molar-refractivity contribution is 5.69. The van der Waals surface area contributed by atoms with E-state index in [0.29, 0.717) is 18.3 Å². The Morgan fingerprint density at radius 3 is 2.80 bits per heavy atom. The molecule has 1 aromatic rings. The van der Waals surface area contributed by atoms with Crippen molar-refractivity contribution in [2.75, 3.05) is 0 Å². The van der Waals surface area contributed by atoms with Crippen LogP contribution in [0.5, 0.6) is 0 Å². The van der Waals surface area contributed by atoms with Crippen molar-refractivity contribution in [2.24, 2.45) is 11.8 Å². The van der Waals surface area contributed by atoms with Gasteiger partial charge in [0.25, 0.3) is 0 Å². The van der Waals surface area contributed by atoms with Gasteiger partial charge >= 0.3 is 5.97 Å². The van der Waals surface area contributed by atoms with Crippen LogP contribution in [0.2, 0.25) is 0 Å². The minimum Gasteiger partial charge on any atom is -0.462 e. The number of allylic oxidation sites excluding steroid dienone is 2. The van der Waals surface area contributed by atoms with Crippen LogP contribution in [0.3, 0.4) is 0 Å². The number of carbonyl (C=O) groups is 1. The molecule has 1 aromatic carbocycles. The molecule has 1 aliphatic carbocycles. The van der Waals surface area contributed by atoms with Crippen molar-refractivity contribution in [3.63, 3.8) is 0 Å². The van der Waals surface area contributed by atoms with Gasteiger partial charge in [0.1, 0.15) is 6.10 Å². The van der Waals surface area contributed by atoms with E-state index in [-0.39, 0.29) is 18.2 Å². The third-order valence-corrected chi connectivity index (χ3v) is 5.76. The average Bonchev–Trinajstić information content (AvgIpc) is 3.03. The molecule has 1 heterocycles. The van der Waals surface area contributed by atoms with Gasteiger partial charge in [0.05, 0.1) is 6.10 Å². The summed E-state index contributed by atoms with van der Waals surface area (Å²) in [5.74, 6) is 0.941. The Kier molecular flexibility index (Phi) is 6.69. The van der Waals surface area contributed by atoms with E-state index in [4.69, 9.17) is 4.74 Å². The number of aliphatic hydroxyl groups is 1. The number of benzene rings is 1. The molecule has 3 heteroatoms. The lowest BCUT2D eigenvalue weighted by molar-refractivity contribution is -0.150. The molecule has 0 spiro atoms. The summed E-state index contributed by atoms with van der Waals surface area (Å²) in [5.41, 5.74) is 1.29. The molecular weight excluding hydrogens is 312 g/mol. The van der Waals surface area contributed by atoms with Gasteiger partial charge in [-0.3, -0.25) is 4.79 Å². The normalized spacial score (nSPS) is 29.0. The second-order valence-electron chi connectivity index (χ2n) is 7.53. The van der Waals surface area contributed by atoms with E-state index >= 15 is 0 Å². The number of hydrogen-bond acceptors (Lipinski definition) is 3. The first kappa shape index (κ1) is 18.2. The molecule has 2 aliphatic rings. The van der Waals surface area contributed by atoms with E-state index in [1.807, 2.05) is 18.2 Å². The summed E-state index contributed by atoms with van der Waals surface area (Å²) in [6.45, 7) is 0. The fourth-order valence-corrected chi connectivity index (χ4v) is 4.29. The van der Waals surface area contributed by atoms with Gasteiger partial charge in [-0.05, 0) is 62.8 Å². The maximum absolute atomic E-state index is 11.8. The van der Waals surface area contributed by atoms with Gasteiger partial charge in [0, 0.05) is 12.3 Å². The minimum atomic E-state index is -0.242. The van der Waals surface area contributed by atoms with E-state index in [0.717, 1.165) is 51.4 Å². The second kappa shape index (κ2) is 9.19. The Morgan fingerprint density at radius 2 is 1.96 bits per heavy atom. The zero-order chi connectivity index (χ0) is 17.5. The predicted octanol–water partition coefficient (Wildman–Crippen LogP) is 4.44. The number of hydrogen-bond donors (Lipinski definition) is 1. The van der Waals surface area contributed by atoms with Crippen molar-refractivity contribution >= 4 is 5.97 Å². The molecule has 0 saturated heterocycles. The molecule has 0 aromatic heterocycles. The Balaban J connectivity index is 1.46. The zero-order valence-corrected chi connectivity index (χ0v) is 15.0. The molecule has 1 aliphatic heterocycles. The number of rotatable bonds is 6. The summed E-state index contributed by atoms with van der Waals surface area (Å²) in [7, 11) is 0. The molecule has 3 rings (SSSR count). The van der Waals surface area contributed by atoms with Crippen LogP contribution in [0.4, 0.5) is 0 Å². The van der Waals surface area contributed by atoms with E-state index in [1.165, 1.54) is 5.56 Å². The molecule has 25 heavy (non-hydrogen) atoms. The largest absolute Gasteiger partial charge is 0.462 e. The predicted molar refractivity (Wildman–Crippen MR) is 99.1 cm³/mol. The van der Waals surface area contributed by atoms with Crippen molar-refractivity contribution in [2.45, 2.75) is 70.0 Å². The summed E-state index contributed by atoms with van der Waals surface area (Å²) >= 11 is 0. The van der Waals surface area contributed by atoms with Gasteiger partial charge in [-0.1, -0.05) is 42.5 Å². The average molecular weight is 342 g/mol. The fourth-order valence-electron chi connectivity index (χ4n) is 4.29. The zero-order valence-electron chi connectivity index (χ0n) is 15.0. The van der Waals surface area contributed by atoms with Crippen LogP contribution >= 0.6 is 0 Å². The van der Waals surface area contributed by atoms with Gasteiger partial charge in [-0.2, -0.15) is 0 Å². The first-order valence-electron chi connectivity index (χ1n) is 9.79. The monoisotopic (exact) mass is 342 g/mol. The molecule has 3 nitrogen and oxygen atoms in total. The number of fused-ring (bicyclic) bond motifs is 1. The van der Waals surface area contributed by atoms with Crippen LogP contribution in [0, 0.1) is 11.8 Å². The highest BCUT2D eigenvalue weighted by Crippen LogP contribution is 2.40. The Labute approximate surface area is 151 Å². The Hall–Kier alpha value is -1.61. The Morgan fingerprint density at radius 1 is 1.12 bits per heavy atom. The maximum atomic E-state index is 11.8. The van der Waals surface area contributed by atoms with Gasteiger partial charge in [0.15, 0.2) is 0 Å². The van der Waals surface area contributed by atoms with Gasteiger partial charge in [0.2, 0.25) is 0 Å². The maximum Gasteiger partial charge on any atom is 0.306 e. The third-order valence-electron chi connectivity index (χ3n) is 5.76. The number of aliphatic hydroxyl groups excluding tert-OH is 1. The van der Waals surface area contributed by atoms with Crippen molar-refractivity contribution < 1.29 is 14.6 Å². The number of esters is 1. The van der Waals surface area contributed by atoms with Gasteiger partial charge in [-0.15, -0.1) is 0 Å². The molecule has 1 fully saturated rings. The molecule has 4 atom stereocenters. The van der Waals surface area contributed by atoms with Crippen molar-refractivity contribution in [1.82, 2.24) is 0 Å². The number of carbonyl (C=O) groups excluding carboxylic acids is 1. The quantitative estimate of drug-likeness (QED) is 0.614. The molecule has 136 valence electrons. The first-order chi connectivity index (χ1) is 12.2. The summed E-state index contributed by atoms with van der Waals surface area (Å²) in [6, 6.07) is 10.4. The lowest BCUT2D eigenvalue weighted by Crippen LogP contribution is -2.25. The molecule has 1 N–H and O–H groups in total. The topological polar surface area (TPSA) is 46.5 Å². The number of aryl methyl sites for hydroxylation is 1. The lowest BCUT2D eigenvalue weighted by Gasteiger charge is -2.24. The highest BCUT2D eigenvalue weighted by atomic mass is 16.5. The van der Waals surface area contributed by atoms with Gasteiger partial charge in [-0.25, -0.2) is 0 Å². The summed E-state index contributed by atoms with van der Waals surface area (Å²) < 4.78 is 5.70. The fraction of sp³-hybridized carbons (Fsp3) is 0.591. The third kappa shape index (κ3) is 5.43. The van der Waals surface area contributed by atoms with Crippen LogP contribution in [0.25, 0.3) is 0 Å². The van der Waals surface area contributed by atoms with Crippen molar-refractivity contribution in [3.8, 4) is 0 Å². The highest BCUT2D eigenvalue weighted by Gasteiger charge is 2.37. The second-order valence-corrected chi connectivity index (χ2v) is 7.53. The standard InChI is InChI=1S/C22H30O3/c23-19(14-11-17-7-3-1-4-8-17)15-12-18-13-16-21-20(18)9-5-2-6-10-22(24)25-21/h1-5,7-8,18-21,23H,6,9-16H2/b5-2-/t18-,19-,20+,21-/m0/s1. The summed E-state index contributed by atoms with van der Waals surface area (Å²) in [4.78, 5) is 11.8. The molecule has 1 saturated carbocycles. The van der Waals surface area contributed by atoms with E-state index < -0.39 is 0 Å². The van der Waals surface area contributed by atoms with Crippen molar-refractivity contribution in [3.05, 3.63) is 48.0 Å². The molecule has 0 bridgehead atoms. The van der Waals surface area contributed by atoms with E-state index in [1.54, 1.807) is 0 Å². The lowest BCUT2D eigenvalue weighted by atomic mass is 9.86. The van der Waals surface area contributed by atoms with Crippen LogP contribution in [-0.2, 0) is 16.0 Å². The van der Waals surface area contributed by atoms with Crippen LogP contribution in [0.1, 0.15) is 56.9 Å². The SMILES string of the molecule is O=C1CC/C=C\C[C@@H]2[C@@H](CC[C@@H](O)CCc3ccccc3)CC[C@@H]2O1. The van der Waals surface area contributed by atoms with Crippen molar-refractivity contribution in [1.29, 1.82) is 0 Å². The summed E-state index contributed by atoms with van der Waals surface area (Å²) in [6.07, 6.45) is 12.2. The molecule has 0 radical (unpaired) electrons. The van der Waals surface area contributed by atoms with Crippen LogP contribution in [-0.4, -0.2) is 23.3 Å². The van der Waals surface area contributed by atoms with Crippen LogP contribution < -0.4 is 0 Å². The first-order valence-corrected chi connectivity index (χ1v) is 9.79. The minimum absolute atomic E-state index is 0.0508. The summed E-state index contributed by atoms with van der Waals surface area (Å²) in [5, 5.41) is 10.4.